The molecule has 460 valence electrons. The lowest BCUT2D eigenvalue weighted by atomic mass is 10.1. The number of aromatic nitrogens is 2. The zero-order valence-corrected chi connectivity index (χ0v) is 50.5. The molecule has 8 rings (SSSR count). The normalized spacial score (nSPS) is 17.3. The highest BCUT2D eigenvalue weighted by molar-refractivity contribution is 8.00. The number of allylic oxidation sites excluding steroid dienone is 2. The van der Waals surface area contributed by atoms with Crippen molar-refractivity contribution in [1.29, 1.82) is 0 Å². The lowest BCUT2D eigenvalue weighted by Crippen LogP contribution is -2.37. The zero-order valence-electron chi connectivity index (χ0n) is 49.7. The van der Waals surface area contributed by atoms with Crippen LogP contribution in [0.15, 0.2) is 81.8 Å². The summed E-state index contributed by atoms with van der Waals surface area (Å²) in [6, 6.07) is 12.7. The summed E-state index contributed by atoms with van der Waals surface area (Å²) in [5.74, 6) is 1.46. The molecule has 2 aromatic heterocycles. The Balaban J connectivity index is 0.771. The van der Waals surface area contributed by atoms with Crippen LogP contribution >= 0.6 is 11.8 Å². The monoisotopic (exact) mass is 1200 g/mol. The van der Waals surface area contributed by atoms with Crippen molar-refractivity contribution in [3.63, 3.8) is 0 Å². The number of carbonyl (C=O) groups excluding carboxylic acids is 3. The summed E-state index contributed by atoms with van der Waals surface area (Å²) in [7, 11) is 5.17. The molecule has 2 amide bonds. The highest BCUT2D eigenvalue weighted by Gasteiger charge is 2.36. The number of aliphatic imine (C=N–C) groups is 2. The Bertz CT molecular complexity index is 2900. The maximum Gasteiger partial charge on any atom is 0.335 e. The first-order valence-corrected chi connectivity index (χ1v) is 29.6. The molecule has 23 nitrogen and oxygen atoms in total. The van der Waals surface area contributed by atoms with E-state index in [2.05, 4.69) is 43.3 Å². The number of amides is 2. The van der Waals surface area contributed by atoms with Gasteiger partial charge in [-0.3, -0.25) is 24.6 Å². The second-order valence-corrected chi connectivity index (χ2v) is 23.0. The van der Waals surface area contributed by atoms with Crippen molar-refractivity contribution in [1.82, 2.24) is 29.7 Å². The lowest BCUT2D eigenvalue weighted by molar-refractivity contribution is -0.146. The highest BCUT2D eigenvalue weighted by atomic mass is 32.2. The molecule has 2 atom stereocenters. The number of fused-ring (bicyclic) bond motifs is 4. The van der Waals surface area contributed by atoms with Crippen LogP contribution in [0, 0.1) is 0 Å². The van der Waals surface area contributed by atoms with Crippen molar-refractivity contribution >= 4 is 53.3 Å². The van der Waals surface area contributed by atoms with Gasteiger partial charge in [-0.1, -0.05) is 23.3 Å². The number of hydrogen-bond acceptors (Lipinski definition) is 21. The number of methoxy groups -OCH3 is 2. The molecular formula is C61H80N8O15S. The minimum Gasteiger partial charge on any atom is -0.493 e. The number of ether oxygens (including phenoxy) is 9. The summed E-state index contributed by atoms with van der Waals surface area (Å²) in [4.78, 5) is 64.6. The number of hydrogen-bond donors (Lipinski definition) is 3. The lowest BCUT2D eigenvalue weighted by Gasteiger charge is -2.30. The molecule has 0 aliphatic carbocycles. The SMILES string of the molecule is CC=C1CC2C=Nc3cc(OCc4cc(OCCN(C)CC(C)(C)SCCNCCOCCOCCOCCOCCC(=O)On5c(O)ccc5O)cc(COc5cc6c(cc5OC)C(=O)N5CC(=CC)CC5C=N6)n4)c(OC)cc3C(=O)N2C1. The molecule has 0 radical (unpaired) electrons. The Hall–Kier alpha value is -7.19. The zero-order chi connectivity index (χ0) is 60.3. The number of nitrogens with one attached hydrogen (secondary N) is 1. The number of benzene rings is 2. The molecule has 2 aromatic carbocycles. The summed E-state index contributed by atoms with van der Waals surface area (Å²) < 4.78 is 53.6. The second kappa shape index (κ2) is 31.3. The molecule has 4 aromatic rings. The Kier molecular flexibility index (Phi) is 23.5. The summed E-state index contributed by atoms with van der Waals surface area (Å²) in [6.45, 7) is 16.1. The molecule has 0 spiro atoms. The number of pyridine rings is 1. The minimum absolute atomic E-state index is 0.0334. The smallest absolute Gasteiger partial charge is 0.335 e. The number of aromatic hydroxyl groups is 2. The minimum atomic E-state index is -0.665. The Morgan fingerprint density at radius 2 is 1.20 bits per heavy atom. The van der Waals surface area contributed by atoms with Crippen LogP contribution < -0.4 is 33.8 Å². The number of likely N-dealkylation sites (N-methyl/N-ethyl adjacent to an activating group) is 1. The Morgan fingerprint density at radius 1 is 0.694 bits per heavy atom. The van der Waals surface area contributed by atoms with Gasteiger partial charge >= 0.3 is 5.97 Å². The first-order valence-electron chi connectivity index (χ1n) is 28.6. The van der Waals surface area contributed by atoms with E-state index in [9.17, 15) is 24.6 Å². The maximum atomic E-state index is 13.8. The Morgan fingerprint density at radius 3 is 1.71 bits per heavy atom. The highest BCUT2D eigenvalue weighted by Crippen LogP contribution is 2.41. The van der Waals surface area contributed by atoms with Gasteiger partial charge in [-0.15, -0.1) is 4.73 Å². The first-order chi connectivity index (χ1) is 41.1. The Labute approximate surface area is 500 Å². The molecule has 24 heteroatoms. The van der Waals surface area contributed by atoms with Crippen LogP contribution in [-0.4, -0.2) is 207 Å². The quantitative estimate of drug-likeness (QED) is 0.0323. The fourth-order valence-corrected chi connectivity index (χ4v) is 11.1. The third kappa shape index (κ3) is 17.9. The van der Waals surface area contributed by atoms with Crippen LogP contribution in [-0.2, 0) is 37.0 Å². The van der Waals surface area contributed by atoms with E-state index in [1.165, 1.54) is 23.3 Å². The molecule has 4 aliphatic rings. The summed E-state index contributed by atoms with van der Waals surface area (Å²) in [5.41, 5.74) is 5.43. The van der Waals surface area contributed by atoms with E-state index in [1.54, 1.807) is 38.5 Å². The van der Waals surface area contributed by atoms with E-state index in [0.717, 1.165) is 38.2 Å². The molecule has 2 saturated heterocycles. The largest absolute Gasteiger partial charge is 0.493 e. The molecule has 0 bridgehead atoms. The van der Waals surface area contributed by atoms with Crippen molar-refractivity contribution in [2.75, 3.05) is 126 Å². The predicted molar refractivity (Wildman–Crippen MR) is 321 cm³/mol. The fraction of sp³-hybridized carbons (Fsp3) is 0.508. The predicted octanol–water partition coefficient (Wildman–Crippen LogP) is 6.75. The first kappa shape index (κ1) is 63.8. The van der Waals surface area contributed by atoms with E-state index in [-0.39, 0.29) is 73.3 Å². The fourth-order valence-electron chi connectivity index (χ4n) is 10.0. The summed E-state index contributed by atoms with van der Waals surface area (Å²) in [6.07, 6.45) is 9.23. The van der Waals surface area contributed by atoms with Gasteiger partial charge in [0.25, 0.3) is 11.8 Å². The van der Waals surface area contributed by atoms with Gasteiger partial charge in [0.2, 0.25) is 11.8 Å². The van der Waals surface area contributed by atoms with Crippen LogP contribution in [0.1, 0.15) is 79.1 Å². The summed E-state index contributed by atoms with van der Waals surface area (Å²) in [5, 5.41) is 22.5. The number of rotatable bonds is 34. The van der Waals surface area contributed by atoms with Crippen LogP contribution in [0.25, 0.3) is 0 Å². The molecule has 0 saturated carbocycles. The van der Waals surface area contributed by atoms with Crippen molar-refractivity contribution in [3.8, 4) is 40.5 Å². The molecule has 3 N–H and O–H groups in total. The van der Waals surface area contributed by atoms with Crippen LogP contribution in [0.3, 0.4) is 0 Å². The summed E-state index contributed by atoms with van der Waals surface area (Å²) >= 11 is 1.90. The standard InChI is InChI=1S/C61H80N8O15S/c1-8-41-26-45-34-63-50-32-54(52(75-6)30-48(50)59(73)67(45)36-41)82-38-43-28-47(29-44(65-43)39-83-55-33-51-49(31-53(55)76-7)60(74)68-37-42(9-2)27-46(68)35-64-51)81-18-15-66(5)40-61(3,4)85-25-14-62-13-17-78-20-22-80-24-23-79-21-19-77-16-12-58(72)84-69-56(70)10-11-57(69)71/h8-11,28-35,45-46,62,70-71H,12-27,36-40H2,1-7H3. The third-order valence-corrected chi connectivity index (χ3v) is 15.7. The number of carbonyl (C=O) groups is 3. The van der Waals surface area contributed by atoms with Gasteiger partial charge in [-0.25, -0.2) is 4.79 Å². The molecular weight excluding hydrogens is 1120 g/mol. The maximum absolute atomic E-state index is 13.8. The van der Waals surface area contributed by atoms with Crippen molar-refractivity contribution < 1.29 is 72.1 Å². The van der Waals surface area contributed by atoms with Gasteiger partial charge in [0.15, 0.2) is 23.0 Å². The van der Waals surface area contributed by atoms with Gasteiger partial charge < -0.3 is 77.7 Å². The molecule has 85 heavy (non-hydrogen) atoms. The number of thioether (sulfide) groups is 1. The van der Waals surface area contributed by atoms with Crippen molar-refractivity contribution in [2.45, 2.75) is 77.0 Å². The molecule has 6 heterocycles. The topological polar surface area (TPSA) is 248 Å². The van der Waals surface area contributed by atoms with E-state index in [1.807, 2.05) is 60.0 Å². The molecule has 4 aliphatic heterocycles. The van der Waals surface area contributed by atoms with E-state index in [4.69, 9.17) is 62.4 Å². The van der Waals surface area contributed by atoms with Crippen LogP contribution in [0.5, 0.6) is 40.5 Å². The van der Waals surface area contributed by atoms with Gasteiger partial charge in [-0.05, 0) is 59.7 Å². The molecule has 2 unspecified atom stereocenters. The number of nitrogens with zero attached hydrogens (tertiary/aromatic N) is 7. The van der Waals surface area contributed by atoms with Gasteiger partial charge in [0.1, 0.15) is 25.6 Å². The van der Waals surface area contributed by atoms with Gasteiger partial charge in [0, 0.05) is 98.6 Å². The van der Waals surface area contributed by atoms with Crippen LogP contribution in [0.4, 0.5) is 11.4 Å². The molecule has 2 fully saturated rings. The van der Waals surface area contributed by atoms with Crippen molar-refractivity contribution in [2.24, 2.45) is 9.98 Å². The average Bonchev–Trinajstić information content (AvgIpc) is 3.47. The van der Waals surface area contributed by atoms with E-state index < -0.39 is 5.97 Å². The van der Waals surface area contributed by atoms with E-state index in [0.29, 0.717) is 133 Å². The average molecular weight is 1200 g/mol. The third-order valence-electron chi connectivity index (χ3n) is 14.4. The van der Waals surface area contributed by atoms with Crippen molar-refractivity contribution in [3.05, 3.63) is 94.3 Å². The van der Waals surface area contributed by atoms with Gasteiger partial charge in [-0.2, -0.15) is 11.8 Å². The van der Waals surface area contributed by atoms with E-state index >= 15 is 0 Å². The van der Waals surface area contributed by atoms with Gasteiger partial charge in [0.05, 0.1) is 119 Å². The second-order valence-electron chi connectivity index (χ2n) is 21.2. The van der Waals surface area contributed by atoms with Crippen LogP contribution in [0.2, 0.25) is 0 Å².